The van der Waals surface area contributed by atoms with Crippen LogP contribution in [0.4, 0.5) is 11.4 Å². The van der Waals surface area contributed by atoms with Gasteiger partial charge in [-0.15, -0.1) is 0 Å². The van der Waals surface area contributed by atoms with Gasteiger partial charge in [-0.25, -0.2) is 4.79 Å². The fourth-order valence-electron chi connectivity index (χ4n) is 2.13. The summed E-state index contributed by atoms with van der Waals surface area (Å²) in [5, 5.41) is 22.2. The number of rotatable bonds is 4. The highest BCUT2D eigenvalue weighted by molar-refractivity contribution is 5.96. The van der Waals surface area contributed by atoms with Crippen LogP contribution < -0.4 is 5.32 Å². The molecule has 0 aromatic heterocycles. The second kappa shape index (κ2) is 5.88. The third-order valence-electron chi connectivity index (χ3n) is 3.19. The number of aliphatic carboxylic acids is 1. The van der Waals surface area contributed by atoms with E-state index < -0.39 is 29.0 Å². The number of carbonyl (C=O) groups excluding carboxylic acids is 1. The number of ether oxygens (including phenoxy) is 1. The first kappa shape index (κ1) is 14.9. The Labute approximate surface area is 119 Å². The van der Waals surface area contributed by atoms with Crippen LogP contribution >= 0.6 is 0 Å². The number of carboxylic acid groups (broad SMARTS) is 1. The molecule has 1 aliphatic rings. The summed E-state index contributed by atoms with van der Waals surface area (Å²) in [6, 6.07) is 4.36. The molecular formula is C13H14N2O6. The number of nitro benzene ring substituents is 1. The van der Waals surface area contributed by atoms with Gasteiger partial charge in [-0.3, -0.25) is 14.9 Å². The molecule has 1 fully saturated rings. The van der Waals surface area contributed by atoms with Gasteiger partial charge in [0, 0.05) is 6.07 Å². The maximum absolute atomic E-state index is 12.0. The van der Waals surface area contributed by atoms with Crippen molar-refractivity contribution in [3.63, 3.8) is 0 Å². The summed E-state index contributed by atoms with van der Waals surface area (Å²) in [6.45, 7) is 1.74. The molecule has 0 aliphatic carbocycles. The highest BCUT2D eigenvalue weighted by Crippen LogP contribution is 2.27. The zero-order valence-electron chi connectivity index (χ0n) is 11.2. The lowest BCUT2D eigenvalue weighted by molar-refractivity contribution is -0.383. The molecule has 2 atom stereocenters. The number of hydrogen-bond donors (Lipinski definition) is 2. The monoisotopic (exact) mass is 294 g/mol. The van der Waals surface area contributed by atoms with Crippen LogP contribution in [0.15, 0.2) is 18.2 Å². The van der Waals surface area contributed by atoms with Crippen LogP contribution in [-0.2, 0) is 14.3 Å². The van der Waals surface area contributed by atoms with Gasteiger partial charge in [0.1, 0.15) is 11.8 Å². The summed E-state index contributed by atoms with van der Waals surface area (Å²) in [5.41, 5.74) is 0.612. The van der Waals surface area contributed by atoms with Crippen molar-refractivity contribution in [2.75, 3.05) is 5.32 Å². The molecule has 0 radical (unpaired) electrons. The van der Waals surface area contributed by atoms with E-state index in [1.807, 2.05) is 0 Å². The molecule has 1 saturated heterocycles. The van der Waals surface area contributed by atoms with Crippen molar-refractivity contribution in [3.8, 4) is 0 Å². The Bertz CT molecular complexity index is 600. The average molecular weight is 294 g/mol. The maximum atomic E-state index is 12.0. The molecule has 2 N–H and O–H groups in total. The van der Waals surface area contributed by atoms with E-state index in [0.29, 0.717) is 0 Å². The van der Waals surface area contributed by atoms with Gasteiger partial charge in [-0.05, 0) is 31.4 Å². The minimum Gasteiger partial charge on any atom is -0.479 e. The fourth-order valence-corrected chi connectivity index (χ4v) is 2.13. The predicted octanol–water partition coefficient (Wildman–Crippen LogP) is 1.47. The highest BCUT2D eigenvalue weighted by atomic mass is 16.6. The molecule has 1 amide bonds. The highest BCUT2D eigenvalue weighted by Gasteiger charge is 2.35. The average Bonchev–Trinajstić information content (AvgIpc) is 2.88. The standard InChI is InChI=1S/C13H14N2O6/c1-7-2-3-9(15(19)20)8(6-7)14-12(16)10-4-5-11(21-10)13(17)18/h2-3,6,10-11H,4-5H2,1H3,(H,14,16)(H,17,18). The van der Waals surface area contributed by atoms with Crippen molar-refractivity contribution in [1.82, 2.24) is 0 Å². The largest absolute Gasteiger partial charge is 0.479 e. The van der Waals surface area contributed by atoms with Gasteiger partial charge in [-0.2, -0.15) is 0 Å². The van der Waals surface area contributed by atoms with Crippen molar-refractivity contribution in [2.24, 2.45) is 0 Å². The minimum atomic E-state index is -1.12. The third-order valence-corrected chi connectivity index (χ3v) is 3.19. The van der Waals surface area contributed by atoms with Gasteiger partial charge in [-0.1, -0.05) is 6.07 Å². The molecule has 21 heavy (non-hydrogen) atoms. The molecule has 8 nitrogen and oxygen atoms in total. The first-order valence-corrected chi connectivity index (χ1v) is 6.32. The van der Waals surface area contributed by atoms with E-state index >= 15 is 0 Å². The van der Waals surface area contributed by atoms with Gasteiger partial charge in [0.15, 0.2) is 6.10 Å². The lowest BCUT2D eigenvalue weighted by Crippen LogP contribution is -2.30. The second-order valence-corrected chi connectivity index (χ2v) is 4.80. The second-order valence-electron chi connectivity index (χ2n) is 4.80. The van der Waals surface area contributed by atoms with Crippen molar-refractivity contribution in [1.29, 1.82) is 0 Å². The molecule has 2 unspecified atom stereocenters. The van der Waals surface area contributed by atoms with Gasteiger partial charge < -0.3 is 15.2 Å². The molecule has 0 spiro atoms. The molecule has 8 heteroatoms. The van der Waals surface area contributed by atoms with E-state index in [-0.39, 0.29) is 24.2 Å². The number of benzene rings is 1. The Morgan fingerprint density at radius 2 is 2.05 bits per heavy atom. The van der Waals surface area contributed by atoms with Crippen molar-refractivity contribution in [2.45, 2.75) is 32.0 Å². The van der Waals surface area contributed by atoms with E-state index in [1.54, 1.807) is 13.0 Å². The van der Waals surface area contributed by atoms with Gasteiger partial charge >= 0.3 is 5.97 Å². The van der Waals surface area contributed by atoms with E-state index in [9.17, 15) is 19.7 Å². The SMILES string of the molecule is Cc1ccc([N+](=O)[O-])c(NC(=O)C2CCC(C(=O)O)O2)c1. The Morgan fingerprint density at radius 1 is 1.38 bits per heavy atom. The first-order chi connectivity index (χ1) is 9.88. The van der Waals surface area contributed by atoms with Crippen LogP contribution in [-0.4, -0.2) is 34.1 Å². The van der Waals surface area contributed by atoms with E-state index in [1.165, 1.54) is 12.1 Å². The normalized spacial score (nSPS) is 21.0. The third kappa shape index (κ3) is 3.34. The summed E-state index contributed by atoms with van der Waals surface area (Å²) >= 11 is 0. The Kier molecular flexibility index (Phi) is 4.18. The number of amides is 1. The summed E-state index contributed by atoms with van der Waals surface area (Å²) < 4.78 is 5.11. The van der Waals surface area contributed by atoms with Gasteiger partial charge in [0.05, 0.1) is 4.92 Å². The summed E-state index contributed by atoms with van der Waals surface area (Å²) in [4.78, 5) is 33.1. The predicted molar refractivity (Wildman–Crippen MR) is 72.0 cm³/mol. The van der Waals surface area contributed by atoms with E-state index in [0.717, 1.165) is 5.56 Å². The topological polar surface area (TPSA) is 119 Å². The van der Waals surface area contributed by atoms with E-state index in [4.69, 9.17) is 9.84 Å². The number of anilines is 1. The van der Waals surface area contributed by atoms with Crippen molar-refractivity contribution < 1.29 is 24.4 Å². The molecule has 112 valence electrons. The molecule has 1 heterocycles. The number of nitrogens with one attached hydrogen (secondary N) is 1. The number of hydrogen-bond acceptors (Lipinski definition) is 5. The zero-order chi connectivity index (χ0) is 15.6. The van der Waals surface area contributed by atoms with Crippen LogP contribution in [0.5, 0.6) is 0 Å². The molecule has 1 aromatic rings. The molecule has 0 bridgehead atoms. The quantitative estimate of drug-likeness (QED) is 0.641. The number of carbonyl (C=O) groups is 2. The number of carboxylic acids is 1. The summed E-state index contributed by atoms with van der Waals surface area (Å²) in [7, 11) is 0. The Hall–Kier alpha value is -2.48. The number of nitro groups is 1. The number of aryl methyl sites for hydroxylation is 1. The fraction of sp³-hybridized carbons (Fsp3) is 0.385. The molecule has 1 aromatic carbocycles. The van der Waals surface area contributed by atoms with Gasteiger partial charge in [0.2, 0.25) is 0 Å². The lowest BCUT2D eigenvalue weighted by Gasteiger charge is -2.12. The molecule has 2 rings (SSSR count). The maximum Gasteiger partial charge on any atom is 0.332 e. The Morgan fingerprint density at radius 3 is 2.62 bits per heavy atom. The van der Waals surface area contributed by atoms with Crippen LogP contribution in [0.1, 0.15) is 18.4 Å². The summed E-state index contributed by atoms with van der Waals surface area (Å²) in [6.07, 6.45) is -1.41. The van der Waals surface area contributed by atoms with E-state index in [2.05, 4.69) is 5.32 Å². The van der Waals surface area contributed by atoms with Crippen LogP contribution in [0.3, 0.4) is 0 Å². The van der Waals surface area contributed by atoms with Gasteiger partial charge in [0.25, 0.3) is 11.6 Å². The lowest BCUT2D eigenvalue weighted by atomic mass is 10.1. The first-order valence-electron chi connectivity index (χ1n) is 6.32. The summed E-state index contributed by atoms with van der Waals surface area (Å²) in [5.74, 6) is -1.70. The molecule has 1 aliphatic heterocycles. The van der Waals surface area contributed by atoms with Crippen LogP contribution in [0, 0.1) is 17.0 Å². The number of nitrogens with zero attached hydrogens (tertiary/aromatic N) is 1. The van der Waals surface area contributed by atoms with Crippen molar-refractivity contribution >= 4 is 23.3 Å². The molecular weight excluding hydrogens is 280 g/mol. The Balaban J connectivity index is 2.12. The molecule has 0 saturated carbocycles. The zero-order valence-corrected chi connectivity index (χ0v) is 11.2. The smallest absolute Gasteiger partial charge is 0.332 e. The van der Waals surface area contributed by atoms with Crippen LogP contribution in [0.25, 0.3) is 0 Å². The van der Waals surface area contributed by atoms with Crippen molar-refractivity contribution in [3.05, 3.63) is 33.9 Å². The minimum absolute atomic E-state index is 0.0763. The van der Waals surface area contributed by atoms with Crippen LogP contribution in [0.2, 0.25) is 0 Å².